The molecule has 0 aliphatic heterocycles. The number of ketones is 2. The molecule has 3 aromatic carbocycles. The molecule has 0 bridgehead atoms. The van der Waals surface area contributed by atoms with Crippen molar-refractivity contribution >= 4 is 23.7 Å². The molecule has 0 heterocycles. The number of carbonyl (C=O) groups excluding carboxylic acids is 2. The Labute approximate surface area is 220 Å². The summed E-state index contributed by atoms with van der Waals surface area (Å²) in [6.07, 6.45) is 7.78. The normalized spacial score (nSPS) is 13.6. The number of rotatable bonds is 7. The van der Waals surface area contributed by atoms with Gasteiger partial charge in [-0.2, -0.15) is 0 Å². The van der Waals surface area contributed by atoms with Crippen LogP contribution in [0.4, 0.5) is 0 Å². The first-order valence-electron chi connectivity index (χ1n) is 11.6. The molecule has 0 fully saturated rings. The number of allylic oxidation sites excluding steroid dienone is 4. The summed E-state index contributed by atoms with van der Waals surface area (Å²) in [7, 11) is 2.95. The van der Waals surface area contributed by atoms with Crippen molar-refractivity contribution in [2.24, 2.45) is 0 Å². The average Bonchev–Trinajstić information content (AvgIpc) is 2.91. The Morgan fingerprint density at radius 1 is 0.711 bits per heavy atom. The van der Waals surface area contributed by atoms with Gasteiger partial charge in [-0.05, 0) is 59.2 Å². The van der Waals surface area contributed by atoms with Gasteiger partial charge in [-0.1, -0.05) is 42.5 Å². The maximum Gasteiger partial charge on any atom is 0.220 e. The third-order valence-corrected chi connectivity index (χ3v) is 5.63. The van der Waals surface area contributed by atoms with E-state index in [1.165, 1.54) is 25.3 Å². The van der Waals surface area contributed by atoms with Gasteiger partial charge in [0.1, 0.15) is 23.0 Å². The molecular formula is C31H28O7. The molecule has 4 rings (SSSR count). The summed E-state index contributed by atoms with van der Waals surface area (Å²) >= 11 is 0. The van der Waals surface area contributed by atoms with E-state index >= 15 is 0 Å². The van der Waals surface area contributed by atoms with Crippen LogP contribution in [0.3, 0.4) is 0 Å². The van der Waals surface area contributed by atoms with Crippen molar-refractivity contribution in [1.82, 2.24) is 0 Å². The first kappa shape index (κ1) is 27.5. The van der Waals surface area contributed by atoms with Gasteiger partial charge in [0.2, 0.25) is 5.78 Å². The molecule has 0 spiro atoms. The van der Waals surface area contributed by atoms with E-state index in [2.05, 4.69) is 6.58 Å². The number of aromatic hydroxyl groups is 3. The molecule has 0 saturated heterocycles. The van der Waals surface area contributed by atoms with E-state index in [9.17, 15) is 19.8 Å². The van der Waals surface area contributed by atoms with Crippen LogP contribution < -0.4 is 4.74 Å². The molecule has 0 radical (unpaired) electrons. The zero-order valence-electron chi connectivity index (χ0n) is 21.0. The van der Waals surface area contributed by atoms with Crippen molar-refractivity contribution in [2.75, 3.05) is 14.2 Å². The minimum Gasteiger partial charge on any atom is -0.508 e. The lowest BCUT2D eigenvalue weighted by atomic mass is 9.85. The topological polar surface area (TPSA) is 113 Å². The Morgan fingerprint density at radius 2 is 1.32 bits per heavy atom. The van der Waals surface area contributed by atoms with E-state index in [1.54, 1.807) is 67.8 Å². The van der Waals surface area contributed by atoms with Crippen LogP contribution in [0.25, 0.3) is 12.2 Å². The zero-order valence-corrected chi connectivity index (χ0v) is 21.0. The van der Waals surface area contributed by atoms with Crippen LogP contribution in [0.1, 0.15) is 22.6 Å². The second kappa shape index (κ2) is 12.8. The predicted octanol–water partition coefficient (Wildman–Crippen LogP) is 5.55. The number of methoxy groups -OCH3 is 2. The van der Waals surface area contributed by atoms with Crippen LogP contribution in [0.2, 0.25) is 0 Å². The van der Waals surface area contributed by atoms with Crippen molar-refractivity contribution in [1.29, 1.82) is 0 Å². The highest BCUT2D eigenvalue weighted by molar-refractivity contribution is 6.19. The molecule has 3 aromatic rings. The molecule has 3 N–H and O–H groups in total. The number of ether oxygens (including phenoxy) is 2. The van der Waals surface area contributed by atoms with Gasteiger partial charge in [0.25, 0.3) is 0 Å². The van der Waals surface area contributed by atoms with Gasteiger partial charge in [0.15, 0.2) is 11.5 Å². The van der Waals surface area contributed by atoms with E-state index in [-0.39, 0.29) is 40.5 Å². The van der Waals surface area contributed by atoms with Crippen molar-refractivity contribution in [2.45, 2.75) is 5.92 Å². The van der Waals surface area contributed by atoms with Crippen LogP contribution in [0, 0.1) is 0 Å². The first-order chi connectivity index (χ1) is 18.2. The Kier molecular flexibility index (Phi) is 9.26. The SMILES string of the molecule is C=CC(C1=CC(=O)C(OC)=CC1=O)c1ccc(OC)cc1.Oc1ccc(C=Cc2cc(O)cc(O)c2)cc1. The number of hydrogen-bond donors (Lipinski definition) is 3. The number of carbonyl (C=O) groups is 2. The van der Waals surface area contributed by atoms with Crippen LogP contribution in [0.15, 0.2) is 103 Å². The second-order valence-electron chi connectivity index (χ2n) is 8.24. The zero-order chi connectivity index (χ0) is 27.7. The smallest absolute Gasteiger partial charge is 0.220 e. The molecule has 1 aliphatic rings. The van der Waals surface area contributed by atoms with Crippen molar-refractivity contribution in [3.05, 3.63) is 120 Å². The van der Waals surface area contributed by atoms with Crippen LogP contribution in [0.5, 0.6) is 23.0 Å². The standard InChI is InChI=1S/C17H16O4.C14H12O3/c1-4-13(11-5-7-12(20-2)8-6-11)14-9-16(19)17(21-3)10-15(14)18;15-12-5-3-10(4-6-12)1-2-11-7-13(16)9-14(17)8-11/h4-10,13H,1H2,2-3H3;1-9,15-17H. The van der Waals surface area contributed by atoms with Crippen molar-refractivity contribution < 1.29 is 34.4 Å². The molecular weight excluding hydrogens is 484 g/mol. The number of phenols is 3. The lowest BCUT2D eigenvalue weighted by Crippen LogP contribution is -2.18. The number of hydrogen-bond acceptors (Lipinski definition) is 7. The highest BCUT2D eigenvalue weighted by Crippen LogP contribution is 2.30. The third kappa shape index (κ3) is 7.24. The fraction of sp³-hybridized carbons (Fsp3) is 0.0968. The number of phenolic OH excluding ortho intramolecular Hbond substituents is 3. The summed E-state index contributed by atoms with van der Waals surface area (Å²) in [6.45, 7) is 3.77. The van der Waals surface area contributed by atoms with Gasteiger partial charge in [-0.15, -0.1) is 6.58 Å². The summed E-state index contributed by atoms with van der Waals surface area (Å²) in [6, 6.07) is 18.4. The van der Waals surface area contributed by atoms with Gasteiger partial charge in [-0.25, -0.2) is 0 Å². The van der Waals surface area contributed by atoms with Gasteiger partial charge < -0.3 is 24.8 Å². The fourth-order valence-electron chi connectivity index (χ4n) is 3.71. The lowest BCUT2D eigenvalue weighted by molar-refractivity contribution is -0.117. The molecule has 38 heavy (non-hydrogen) atoms. The van der Waals surface area contributed by atoms with E-state index in [0.29, 0.717) is 11.1 Å². The Morgan fingerprint density at radius 3 is 1.87 bits per heavy atom. The summed E-state index contributed by atoms with van der Waals surface area (Å²) in [5, 5.41) is 27.7. The number of benzene rings is 3. The van der Waals surface area contributed by atoms with Crippen LogP contribution in [-0.2, 0) is 14.3 Å². The Hall–Kier alpha value is -5.04. The highest BCUT2D eigenvalue weighted by Gasteiger charge is 2.26. The molecule has 1 aliphatic carbocycles. The molecule has 0 amide bonds. The predicted molar refractivity (Wildman–Crippen MR) is 146 cm³/mol. The Balaban J connectivity index is 0.000000215. The van der Waals surface area contributed by atoms with E-state index < -0.39 is 0 Å². The molecule has 7 nitrogen and oxygen atoms in total. The summed E-state index contributed by atoms with van der Waals surface area (Å²) < 4.78 is 9.98. The quantitative estimate of drug-likeness (QED) is 0.216. The minimum atomic E-state index is -0.345. The maximum absolute atomic E-state index is 12.2. The van der Waals surface area contributed by atoms with E-state index in [4.69, 9.17) is 14.6 Å². The van der Waals surface area contributed by atoms with Crippen molar-refractivity contribution in [3.8, 4) is 23.0 Å². The second-order valence-corrected chi connectivity index (χ2v) is 8.24. The molecule has 0 aromatic heterocycles. The van der Waals surface area contributed by atoms with Gasteiger partial charge in [0, 0.05) is 23.6 Å². The monoisotopic (exact) mass is 512 g/mol. The van der Waals surface area contributed by atoms with Gasteiger partial charge in [-0.3, -0.25) is 9.59 Å². The molecule has 0 saturated carbocycles. The summed E-state index contributed by atoms with van der Waals surface area (Å²) in [4.78, 5) is 24.0. The molecule has 1 unspecified atom stereocenters. The van der Waals surface area contributed by atoms with Crippen LogP contribution >= 0.6 is 0 Å². The summed E-state index contributed by atoms with van der Waals surface area (Å²) in [5.74, 6) is 0.147. The Bertz CT molecular complexity index is 1370. The third-order valence-electron chi connectivity index (χ3n) is 5.63. The maximum atomic E-state index is 12.2. The first-order valence-corrected chi connectivity index (χ1v) is 11.6. The molecule has 7 heteroatoms. The van der Waals surface area contributed by atoms with E-state index in [0.717, 1.165) is 16.9 Å². The van der Waals surface area contributed by atoms with E-state index in [1.807, 2.05) is 18.2 Å². The van der Waals surface area contributed by atoms with Gasteiger partial charge in [0.05, 0.1) is 14.2 Å². The van der Waals surface area contributed by atoms with Crippen molar-refractivity contribution in [3.63, 3.8) is 0 Å². The fourth-order valence-corrected chi connectivity index (χ4v) is 3.71. The average molecular weight is 513 g/mol. The summed E-state index contributed by atoms with van der Waals surface area (Å²) in [5.41, 5.74) is 2.88. The largest absolute Gasteiger partial charge is 0.508 e. The molecule has 1 atom stereocenters. The highest BCUT2D eigenvalue weighted by atomic mass is 16.5. The van der Waals surface area contributed by atoms with Crippen LogP contribution in [-0.4, -0.2) is 41.1 Å². The van der Waals surface area contributed by atoms with Gasteiger partial charge >= 0.3 is 0 Å². The minimum absolute atomic E-state index is 0.0235. The molecule has 194 valence electrons. The lowest BCUT2D eigenvalue weighted by Gasteiger charge is -2.18.